The zero-order chi connectivity index (χ0) is 28.0. The van der Waals surface area contributed by atoms with Gasteiger partial charge >= 0.3 is 6.18 Å². The van der Waals surface area contributed by atoms with E-state index in [1.165, 1.54) is 11.8 Å². The highest BCUT2D eigenvalue weighted by molar-refractivity contribution is 7.99. The molecule has 0 unspecified atom stereocenters. The smallest absolute Gasteiger partial charge is 0.369 e. The van der Waals surface area contributed by atoms with E-state index in [2.05, 4.69) is 38.2 Å². The van der Waals surface area contributed by atoms with Crippen LogP contribution in [0, 0.1) is 0 Å². The van der Waals surface area contributed by atoms with Crippen LogP contribution in [0.15, 0.2) is 35.4 Å². The van der Waals surface area contributed by atoms with Gasteiger partial charge in [-0.1, -0.05) is 6.92 Å². The molecule has 1 saturated carbocycles. The molecule has 1 saturated heterocycles. The summed E-state index contributed by atoms with van der Waals surface area (Å²) >= 11 is 2.61. The number of fused-ring (bicyclic) bond motifs is 1. The Labute approximate surface area is 239 Å². The summed E-state index contributed by atoms with van der Waals surface area (Å²) in [6.45, 7) is 6.60. The van der Waals surface area contributed by atoms with Gasteiger partial charge in [-0.15, -0.1) is 23.1 Å². The molecule has 0 radical (unpaired) electrons. The highest BCUT2D eigenvalue weighted by Crippen LogP contribution is 2.44. The van der Waals surface area contributed by atoms with Crippen LogP contribution in [0.4, 0.5) is 30.5 Å². The van der Waals surface area contributed by atoms with Crippen molar-refractivity contribution in [2.75, 3.05) is 55.7 Å². The minimum absolute atomic E-state index is 0.0900. The highest BCUT2D eigenvalue weighted by Gasteiger charge is 2.39. The Bertz CT molecular complexity index is 1420. The molecule has 2 fully saturated rings. The van der Waals surface area contributed by atoms with Gasteiger partial charge in [0.05, 0.1) is 10.6 Å². The Kier molecular flexibility index (Phi) is 7.43. The number of hydrogen-bond donors (Lipinski definition) is 1. The first-order chi connectivity index (χ1) is 19.2. The maximum absolute atomic E-state index is 14.1. The minimum Gasteiger partial charge on any atom is -0.369 e. The van der Waals surface area contributed by atoms with Crippen molar-refractivity contribution >= 4 is 46.3 Å². The van der Waals surface area contributed by atoms with Crippen molar-refractivity contribution in [2.24, 2.45) is 0 Å². The number of aryl methyl sites for hydroxylation is 1. The second-order valence-corrected chi connectivity index (χ2v) is 12.6. The number of benzene rings is 1. The van der Waals surface area contributed by atoms with E-state index >= 15 is 0 Å². The second kappa shape index (κ2) is 10.9. The predicted octanol–water partition coefficient (Wildman–Crippen LogP) is 5.99. The van der Waals surface area contributed by atoms with Gasteiger partial charge in [-0.05, 0) is 56.1 Å². The number of nitrogens with zero attached hydrogens (tertiary/aromatic N) is 5. The fourth-order valence-electron chi connectivity index (χ4n) is 5.18. The van der Waals surface area contributed by atoms with Crippen LogP contribution in [-0.4, -0.2) is 77.2 Å². The molecular weight excluding hydrogens is 557 g/mol. The molecule has 3 aromatic rings. The van der Waals surface area contributed by atoms with Gasteiger partial charge < -0.3 is 20.0 Å². The first-order valence-electron chi connectivity index (χ1n) is 13.6. The maximum atomic E-state index is 14.1. The summed E-state index contributed by atoms with van der Waals surface area (Å²) in [6, 6.07) is 8.04. The van der Waals surface area contributed by atoms with Gasteiger partial charge in [-0.2, -0.15) is 13.2 Å². The van der Waals surface area contributed by atoms with E-state index in [1.54, 1.807) is 6.07 Å². The summed E-state index contributed by atoms with van der Waals surface area (Å²) in [5.41, 5.74) is 1.81. The lowest BCUT2D eigenvalue weighted by Crippen LogP contribution is -2.44. The van der Waals surface area contributed by atoms with Crippen LogP contribution in [-0.2, 0) is 12.6 Å². The molecule has 1 amide bonds. The lowest BCUT2D eigenvalue weighted by atomic mass is 10.1. The summed E-state index contributed by atoms with van der Waals surface area (Å²) in [7, 11) is 2.12. The maximum Gasteiger partial charge on any atom is 0.420 e. The molecule has 0 bridgehead atoms. The average Bonchev–Trinajstić information content (AvgIpc) is 3.71. The van der Waals surface area contributed by atoms with E-state index in [4.69, 9.17) is 0 Å². The molecular formula is C28H31F3N6OS2. The number of aromatic nitrogens is 2. The number of anilines is 3. The molecule has 6 rings (SSSR count). The van der Waals surface area contributed by atoms with Gasteiger partial charge in [0.1, 0.15) is 10.4 Å². The Hall–Kier alpha value is -2.83. The number of halogens is 3. The van der Waals surface area contributed by atoms with Crippen LogP contribution < -0.4 is 10.2 Å². The quantitative estimate of drug-likeness (QED) is 0.380. The third-order valence-corrected chi connectivity index (χ3v) is 9.92. The molecule has 1 aromatic carbocycles. The number of amides is 1. The summed E-state index contributed by atoms with van der Waals surface area (Å²) in [4.78, 5) is 29.7. The van der Waals surface area contributed by atoms with Crippen LogP contribution >= 0.6 is 23.1 Å². The molecule has 40 heavy (non-hydrogen) atoms. The molecule has 7 nitrogen and oxygen atoms in total. The molecule has 3 aliphatic rings. The molecule has 1 aliphatic carbocycles. The Morgan fingerprint density at radius 1 is 1.10 bits per heavy atom. The summed E-state index contributed by atoms with van der Waals surface area (Å²) in [6.07, 6.45) is -1.08. The Balaban J connectivity index is 1.32. The minimum atomic E-state index is -4.63. The van der Waals surface area contributed by atoms with E-state index in [0.717, 1.165) is 90.6 Å². The predicted molar refractivity (Wildman–Crippen MR) is 154 cm³/mol. The fraction of sp³-hybridized carbons (Fsp3) is 0.464. The number of likely N-dealkylation sites (N-methyl/N-ethyl adjacent to an activating group) is 1. The molecule has 0 atom stereocenters. The SMILES string of the molecule is CCc1cc(N2CCN(C)CC2)ccc1Nc1ncc(C(F)(F)F)c(-c2cc3c(s2)C(=O)N(C2CC2)CCS3)n1. The number of piperazine rings is 1. The lowest BCUT2D eigenvalue weighted by molar-refractivity contribution is -0.137. The van der Waals surface area contributed by atoms with Crippen molar-refractivity contribution in [3.63, 3.8) is 0 Å². The van der Waals surface area contributed by atoms with Crippen molar-refractivity contribution < 1.29 is 18.0 Å². The van der Waals surface area contributed by atoms with Crippen molar-refractivity contribution in [1.29, 1.82) is 0 Å². The summed E-state index contributed by atoms with van der Waals surface area (Å²) in [5, 5.41) is 3.17. The first kappa shape index (κ1) is 27.3. The van der Waals surface area contributed by atoms with Crippen LogP contribution in [0.3, 0.4) is 0 Å². The standard InChI is InChI=1S/C28H31F3N6OS2/c1-3-17-14-19(36-10-8-35(2)9-11-36)6-7-21(17)33-27-32-16-20(28(29,30)31)24(34-27)22-15-23-25(40-22)26(38)37(12-13-39-23)18-4-5-18/h6-7,14-16,18H,3-5,8-13H2,1-2H3,(H,32,33,34). The number of nitrogens with one attached hydrogen (secondary N) is 1. The van der Waals surface area contributed by atoms with Crippen molar-refractivity contribution in [2.45, 2.75) is 43.3 Å². The Morgan fingerprint density at radius 3 is 2.58 bits per heavy atom. The van der Waals surface area contributed by atoms with Crippen molar-refractivity contribution in [1.82, 2.24) is 19.8 Å². The van der Waals surface area contributed by atoms with Gasteiger partial charge in [0.2, 0.25) is 5.95 Å². The number of carbonyl (C=O) groups excluding carboxylic acids is 1. The van der Waals surface area contributed by atoms with Gasteiger partial charge in [0, 0.05) is 67.0 Å². The van der Waals surface area contributed by atoms with E-state index in [1.807, 2.05) is 24.0 Å². The van der Waals surface area contributed by atoms with Crippen LogP contribution in [0.5, 0.6) is 0 Å². The van der Waals surface area contributed by atoms with E-state index in [0.29, 0.717) is 16.3 Å². The molecule has 2 aliphatic heterocycles. The molecule has 212 valence electrons. The number of hydrogen-bond acceptors (Lipinski definition) is 8. The highest BCUT2D eigenvalue weighted by atomic mass is 32.2. The molecule has 4 heterocycles. The number of thioether (sulfide) groups is 1. The summed E-state index contributed by atoms with van der Waals surface area (Å²) < 4.78 is 42.2. The zero-order valence-corrected chi connectivity index (χ0v) is 24.1. The van der Waals surface area contributed by atoms with E-state index in [9.17, 15) is 18.0 Å². The lowest BCUT2D eigenvalue weighted by Gasteiger charge is -2.34. The van der Waals surface area contributed by atoms with E-state index in [-0.39, 0.29) is 23.6 Å². The number of rotatable bonds is 6. The zero-order valence-electron chi connectivity index (χ0n) is 22.4. The van der Waals surface area contributed by atoms with Crippen LogP contribution in [0.25, 0.3) is 10.6 Å². The number of alkyl halides is 3. The number of carbonyl (C=O) groups is 1. The van der Waals surface area contributed by atoms with Crippen LogP contribution in [0.1, 0.15) is 40.6 Å². The van der Waals surface area contributed by atoms with Gasteiger partial charge in [0.15, 0.2) is 0 Å². The van der Waals surface area contributed by atoms with Gasteiger partial charge in [0.25, 0.3) is 5.91 Å². The second-order valence-electron chi connectivity index (χ2n) is 10.4. The molecule has 1 N–H and O–H groups in total. The normalized spacial score (nSPS) is 18.6. The fourth-order valence-corrected chi connectivity index (χ4v) is 7.50. The summed E-state index contributed by atoms with van der Waals surface area (Å²) in [5.74, 6) is 0.720. The van der Waals surface area contributed by atoms with Crippen molar-refractivity contribution in [3.8, 4) is 10.6 Å². The third kappa shape index (κ3) is 5.53. The Morgan fingerprint density at radius 2 is 1.88 bits per heavy atom. The topological polar surface area (TPSA) is 64.6 Å². The molecule has 2 aromatic heterocycles. The molecule has 0 spiro atoms. The average molecular weight is 589 g/mol. The third-order valence-electron chi connectivity index (χ3n) is 7.64. The van der Waals surface area contributed by atoms with E-state index < -0.39 is 11.7 Å². The van der Waals surface area contributed by atoms with Crippen molar-refractivity contribution in [3.05, 3.63) is 46.5 Å². The largest absolute Gasteiger partial charge is 0.420 e. The van der Waals surface area contributed by atoms with Gasteiger partial charge in [-0.25, -0.2) is 9.97 Å². The van der Waals surface area contributed by atoms with Crippen LogP contribution in [0.2, 0.25) is 0 Å². The molecule has 12 heteroatoms. The first-order valence-corrected chi connectivity index (χ1v) is 15.4. The van der Waals surface area contributed by atoms with Gasteiger partial charge in [-0.3, -0.25) is 4.79 Å². The monoisotopic (exact) mass is 588 g/mol. The number of thiophene rings is 1.